The summed E-state index contributed by atoms with van der Waals surface area (Å²) in [7, 11) is 0. The van der Waals surface area contributed by atoms with Crippen molar-refractivity contribution < 1.29 is 5.11 Å². The van der Waals surface area contributed by atoms with Gasteiger partial charge >= 0.3 is 0 Å². The number of aryl methyl sites for hydroxylation is 1. The minimum absolute atomic E-state index is 0.124. The third kappa shape index (κ3) is 3.45. The van der Waals surface area contributed by atoms with Gasteiger partial charge in [0.15, 0.2) is 5.11 Å². The maximum Gasteiger partial charge on any atom is 0.174 e. The summed E-state index contributed by atoms with van der Waals surface area (Å²) in [4.78, 5) is 6.73. The molecule has 2 aromatic carbocycles. The highest BCUT2D eigenvalue weighted by molar-refractivity contribution is 7.80. The second-order valence-electron chi connectivity index (χ2n) is 7.60. The monoisotopic (exact) mass is 426 g/mol. The number of aromatic hydroxyl groups is 1. The van der Waals surface area contributed by atoms with Gasteiger partial charge in [0.25, 0.3) is 0 Å². The number of para-hydroxylation sites is 1. The molecule has 1 saturated heterocycles. The summed E-state index contributed by atoms with van der Waals surface area (Å²) < 4.78 is 2.22. The lowest BCUT2D eigenvalue weighted by Gasteiger charge is -2.29. The van der Waals surface area contributed by atoms with E-state index in [1.165, 1.54) is 5.56 Å². The molecule has 1 fully saturated rings. The molecule has 2 unspecified atom stereocenters. The van der Waals surface area contributed by atoms with Gasteiger partial charge in [0.2, 0.25) is 0 Å². The van der Waals surface area contributed by atoms with Gasteiger partial charge in [-0.05, 0) is 79.3 Å². The summed E-state index contributed by atoms with van der Waals surface area (Å²) in [5, 5.41) is 13.9. The van der Waals surface area contributed by atoms with E-state index in [1.807, 2.05) is 36.4 Å². The lowest BCUT2D eigenvalue weighted by molar-refractivity contribution is 0.475. The zero-order valence-electron chi connectivity index (χ0n) is 17.0. The number of nitrogens with one attached hydrogen (secondary N) is 1. The fraction of sp³-hybridized carbons (Fsp3) is 0.120. The number of phenols is 1. The van der Waals surface area contributed by atoms with Crippen LogP contribution in [0.25, 0.3) is 5.69 Å². The average molecular weight is 427 g/mol. The number of hydrogen-bond acceptors (Lipinski definition) is 3. The predicted molar refractivity (Wildman–Crippen MR) is 127 cm³/mol. The van der Waals surface area contributed by atoms with Gasteiger partial charge in [-0.15, -0.1) is 0 Å². The Morgan fingerprint density at radius 1 is 0.935 bits per heavy atom. The van der Waals surface area contributed by atoms with Gasteiger partial charge in [-0.1, -0.05) is 24.3 Å². The summed E-state index contributed by atoms with van der Waals surface area (Å²) in [6, 6.07) is 25.4. The largest absolute Gasteiger partial charge is 0.508 e. The summed E-state index contributed by atoms with van der Waals surface area (Å²) in [6.07, 6.45) is 3.89. The number of anilines is 1. The number of benzene rings is 2. The minimum atomic E-state index is -0.125. The smallest absolute Gasteiger partial charge is 0.174 e. The van der Waals surface area contributed by atoms with Crippen molar-refractivity contribution in [2.75, 3.05) is 4.90 Å². The van der Waals surface area contributed by atoms with Crippen molar-refractivity contribution in [3.05, 3.63) is 108 Å². The first-order chi connectivity index (χ1) is 15.1. The normalized spacial score (nSPS) is 18.2. The molecule has 2 atom stereocenters. The molecular weight excluding hydrogens is 404 g/mol. The molecule has 3 heterocycles. The summed E-state index contributed by atoms with van der Waals surface area (Å²) in [5.74, 6) is 0.225. The van der Waals surface area contributed by atoms with Crippen LogP contribution in [0.1, 0.15) is 29.0 Å². The Kier molecular flexibility index (Phi) is 4.92. The number of phenolic OH excluding ortho intramolecular Hbond substituents is 1. The van der Waals surface area contributed by atoms with Gasteiger partial charge in [-0.25, -0.2) is 0 Å². The Labute approximate surface area is 186 Å². The Bertz CT molecular complexity index is 1220. The van der Waals surface area contributed by atoms with Crippen LogP contribution in [-0.4, -0.2) is 19.8 Å². The van der Waals surface area contributed by atoms with Crippen LogP contribution < -0.4 is 10.2 Å². The van der Waals surface area contributed by atoms with E-state index in [4.69, 9.17) is 12.2 Å². The molecule has 0 bridgehead atoms. The Balaban J connectivity index is 1.68. The number of nitrogens with zero attached hydrogens (tertiary/aromatic N) is 3. The molecule has 0 spiro atoms. The van der Waals surface area contributed by atoms with E-state index in [0.29, 0.717) is 5.11 Å². The second-order valence-corrected chi connectivity index (χ2v) is 7.99. The summed E-state index contributed by atoms with van der Waals surface area (Å²) >= 11 is 5.78. The van der Waals surface area contributed by atoms with E-state index in [0.717, 1.165) is 22.8 Å². The van der Waals surface area contributed by atoms with E-state index in [1.54, 1.807) is 18.3 Å². The van der Waals surface area contributed by atoms with Crippen LogP contribution in [0.15, 0.2) is 91.3 Å². The fourth-order valence-corrected chi connectivity index (χ4v) is 4.58. The van der Waals surface area contributed by atoms with Crippen LogP contribution in [0.5, 0.6) is 5.75 Å². The van der Waals surface area contributed by atoms with E-state index in [-0.39, 0.29) is 17.8 Å². The van der Waals surface area contributed by atoms with Crippen molar-refractivity contribution in [1.29, 1.82) is 0 Å². The molecule has 2 N–H and O–H groups in total. The van der Waals surface area contributed by atoms with Gasteiger partial charge in [0.05, 0.1) is 11.7 Å². The third-order valence-corrected chi connectivity index (χ3v) is 6.00. The maximum absolute atomic E-state index is 9.79. The molecule has 154 valence electrons. The number of thiocarbonyl (C=S) groups is 1. The van der Waals surface area contributed by atoms with Gasteiger partial charge < -0.3 is 19.9 Å². The molecule has 6 heteroatoms. The highest BCUT2D eigenvalue weighted by atomic mass is 32.1. The van der Waals surface area contributed by atoms with E-state index in [9.17, 15) is 5.11 Å². The van der Waals surface area contributed by atoms with Gasteiger partial charge in [-0.3, -0.25) is 4.98 Å². The quantitative estimate of drug-likeness (QED) is 0.447. The summed E-state index contributed by atoms with van der Waals surface area (Å²) in [6.45, 7) is 2.12. The van der Waals surface area contributed by atoms with Crippen molar-refractivity contribution in [1.82, 2.24) is 14.9 Å². The molecule has 1 aliphatic rings. The van der Waals surface area contributed by atoms with E-state index < -0.39 is 0 Å². The van der Waals surface area contributed by atoms with E-state index >= 15 is 0 Å². The van der Waals surface area contributed by atoms with Crippen LogP contribution in [0.3, 0.4) is 0 Å². The first-order valence-corrected chi connectivity index (χ1v) is 10.6. The van der Waals surface area contributed by atoms with E-state index in [2.05, 4.69) is 63.2 Å². The molecular formula is C25H22N4OS. The van der Waals surface area contributed by atoms with Gasteiger partial charge in [0.1, 0.15) is 11.8 Å². The Morgan fingerprint density at radius 2 is 1.71 bits per heavy atom. The molecule has 5 nitrogen and oxygen atoms in total. The molecule has 2 aromatic heterocycles. The zero-order valence-corrected chi connectivity index (χ0v) is 17.8. The molecule has 31 heavy (non-hydrogen) atoms. The lowest BCUT2D eigenvalue weighted by Crippen LogP contribution is -2.30. The van der Waals surface area contributed by atoms with Crippen LogP contribution >= 0.6 is 12.2 Å². The van der Waals surface area contributed by atoms with Crippen LogP contribution in [-0.2, 0) is 0 Å². The van der Waals surface area contributed by atoms with Crippen molar-refractivity contribution in [3.63, 3.8) is 0 Å². The van der Waals surface area contributed by atoms with Crippen molar-refractivity contribution in [2.24, 2.45) is 0 Å². The number of aromatic nitrogens is 2. The average Bonchev–Trinajstić information content (AvgIpc) is 3.39. The molecule has 4 aromatic rings. The van der Waals surface area contributed by atoms with Crippen LogP contribution in [0.4, 0.5) is 5.69 Å². The van der Waals surface area contributed by atoms with Crippen molar-refractivity contribution in [3.8, 4) is 11.4 Å². The topological polar surface area (TPSA) is 53.3 Å². The van der Waals surface area contributed by atoms with Crippen LogP contribution in [0.2, 0.25) is 0 Å². The fourth-order valence-electron chi connectivity index (χ4n) is 4.23. The predicted octanol–water partition coefficient (Wildman–Crippen LogP) is 5.06. The van der Waals surface area contributed by atoms with Crippen LogP contribution in [0, 0.1) is 6.92 Å². The molecule has 0 saturated carbocycles. The van der Waals surface area contributed by atoms with Crippen molar-refractivity contribution >= 4 is 23.0 Å². The number of rotatable bonds is 4. The maximum atomic E-state index is 9.79. The Hall–Kier alpha value is -3.64. The lowest BCUT2D eigenvalue weighted by atomic mass is 10.0. The molecule has 0 aliphatic carbocycles. The summed E-state index contributed by atoms with van der Waals surface area (Å²) in [5.41, 5.74) is 5.26. The first kappa shape index (κ1) is 19.3. The minimum Gasteiger partial charge on any atom is -0.508 e. The second kappa shape index (κ2) is 7.89. The first-order valence-electron chi connectivity index (χ1n) is 10.2. The standard InChI is InChI=1S/C25H22N4OS/c1-17-7-2-3-9-21(17)28-16-6-10-22(28)24-23(20-8-4-5-15-26-20)27-25(31)29(24)18-11-13-19(30)14-12-18/h2-16,23-24,30H,1H3,(H,27,31). The Morgan fingerprint density at radius 3 is 2.45 bits per heavy atom. The number of hydrogen-bond donors (Lipinski definition) is 2. The molecule has 1 aliphatic heterocycles. The third-order valence-electron chi connectivity index (χ3n) is 5.68. The highest BCUT2D eigenvalue weighted by Crippen LogP contribution is 2.42. The molecule has 0 amide bonds. The SMILES string of the molecule is Cc1ccccc1-n1cccc1C1C(c2ccccn2)NC(=S)N1c1ccc(O)cc1. The van der Waals surface area contributed by atoms with Gasteiger partial charge in [-0.2, -0.15) is 0 Å². The highest BCUT2D eigenvalue weighted by Gasteiger charge is 2.42. The molecule has 5 rings (SSSR count). The number of pyridine rings is 1. The molecule has 0 radical (unpaired) electrons. The van der Waals surface area contributed by atoms with Gasteiger partial charge in [0, 0.05) is 29.5 Å². The van der Waals surface area contributed by atoms with Crippen molar-refractivity contribution in [2.45, 2.75) is 19.0 Å². The zero-order chi connectivity index (χ0) is 21.4.